The molecule has 0 aliphatic heterocycles. The first-order valence-electron chi connectivity index (χ1n) is 10.4. The number of benzene rings is 4. The van der Waals surface area contributed by atoms with Crippen molar-refractivity contribution in [3.8, 4) is 27.4 Å². The number of aromatic nitrogens is 1. The number of carbonyl (C=O) groups is 2. The van der Waals surface area contributed by atoms with Gasteiger partial charge in [-0.05, 0) is 47.5 Å². The summed E-state index contributed by atoms with van der Waals surface area (Å²) in [5, 5.41) is 0.660. The molecule has 0 radical (unpaired) electrons. The van der Waals surface area contributed by atoms with Crippen LogP contribution in [-0.4, -0.2) is 16.9 Å². The number of primary amides is 1. The average Bonchev–Trinajstić information content (AvgIpc) is 3.30. The van der Waals surface area contributed by atoms with Crippen LogP contribution in [0.3, 0.4) is 0 Å². The molecular formula is C27H17ClN2O3S. The molecule has 4 aromatic carbocycles. The highest BCUT2D eigenvalue weighted by Gasteiger charge is 2.21. The Morgan fingerprint density at radius 3 is 2.21 bits per heavy atom. The summed E-state index contributed by atoms with van der Waals surface area (Å²) >= 11 is 7.86. The van der Waals surface area contributed by atoms with E-state index in [0.717, 1.165) is 21.3 Å². The molecule has 0 atom stereocenters. The molecule has 1 amide bonds. The van der Waals surface area contributed by atoms with Crippen LogP contribution in [0.1, 0.15) is 20.7 Å². The minimum absolute atomic E-state index is 0.0970. The molecule has 0 bridgehead atoms. The van der Waals surface area contributed by atoms with Crippen LogP contribution in [-0.2, 0) is 0 Å². The van der Waals surface area contributed by atoms with Gasteiger partial charge in [0.1, 0.15) is 5.01 Å². The molecule has 166 valence electrons. The number of thiazole rings is 1. The van der Waals surface area contributed by atoms with Crippen LogP contribution < -0.4 is 10.5 Å². The minimum Gasteiger partial charge on any atom is -0.421 e. The highest BCUT2D eigenvalue weighted by Crippen LogP contribution is 2.41. The highest BCUT2D eigenvalue weighted by atomic mass is 35.5. The molecule has 0 saturated heterocycles. The molecule has 5 aromatic rings. The van der Waals surface area contributed by atoms with Gasteiger partial charge in [-0.25, -0.2) is 9.78 Å². The van der Waals surface area contributed by atoms with Gasteiger partial charge in [-0.2, -0.15) is 0 Å². The van der Waals surface area contributed by atoms with E-state index in [1.54, 1.807) is 18.2 Å². The van der Waals surface area contributed by atoms with Crippen LogP contribution in [0.2, 0.25) is 5.02 Å². The largest absolute Gasteiger partial charge is 0.421 e. The fraction of sp³-hybridized carbons (Fsp3) is 0. The average molecular weight is 485 g/mol. The Balaban J connectivity index is 1.51. The van der Waals surface area contributed by atoms with Crippen molar-refractivity contribution < 1.29 is 14.3 Å². The van der Waals surface area contributed by atoms with E-state index in [2.05, 4.69) is 4.98 Å². The number of fused-ring (bicyclic) bond motifs is 1. The van der Waals surface area contributed by atoms with Crippen molar-refractivity contribution in [3.05, 3.63) is 107 Å². The molecule has 0 unspecified atom stereocenters. The number of carbonyl (C=O) groups excluding carboxylic acids is 2. The van der Waals surface area contributed by atoms with Crippen molar-refractivity contribution in [2.45, 2.75) is 0 Å². The fourth-order valence-corrected chi connectivity index (χ4v) is 4.80. The van der Waals surface area contributed by atoms with Crippen molar-refractivity contribution in [2.24, 2.45) is 5.73 Å². The smallest absolute Gasteiger partial charge is 0.343 e. The number of ether oxygens (including phenoxy) is 1. The number of nitrogens with two attached hydrogens (primary N) is 1. The van der Waals surface area contributed by atoms with E-state index in [0.29, 0.717) is 16.1 Å². The van der Waals surface area contributed by atoms with Gasteiger partial charge < -0.3 is 10.5 Å². The zero-order valence-electron chi connectivity index (χ0n) is 17.7. The van der Waals surface area contributed by atoms with Gasteiger partial charge in [0.05, 0.1) is 26.4 Å². The summed E-state index contributed by atoms with van der Waals surface area (Å²) < 4.78 is 6.69. The molecule has 1 aromatic heterocycles. The minimum atomic E-state index is -0.640. The summed E-state index contributed by atoms with van der Waals surface area (Å²) in [6, 6.07) is 27.5. The molecule has 0 fully saturated rings. The Bertz CT molecular complexity index is 1500. The summed E-state index contributed by atoms with van der Waals surface area (Å²) in [7, 11) is 0. The summed E-state index contributed by atoms with van der Waals surface area (Å²) in [6.07, 6.45) is 0. The number of nitrogens with zero attached hydrogens (tertiary/aromatic N) is 1. The Kier molecular flexibility index (Phi) is 5.84. The van der Waals surface area contributed by atoms with Gasteiger partial charge in [-0.15, -0.1) is 11.3 Å². The maximum absolute atomic E-state index is 13.0. The Hall–Kier alpha value is -4.00. The number of amides is 1. The number of rotatable bonds is 5. The van der Waals surface area contributed by atoms with Crippen LogP contribution in [0.15, 0.2) is 91.0 Å². The van der Waals surface area contributed by atoms with Crippen LogP contribution in [0.5, 0.6) is 5.75 Å². The van der Waals surface area contributed by atoms with Crippen LogP contribution in [0.4, 0.5) is 0 Å². The lowest BCUT2D eigenvalue weighted by Crippen LogP contribution is -2.13. The second-order valence-corrected chi connectivity index (χ2v) is 8.96. The normalized spacial score (nSPS) is 10.9. The monoisotopic (exact) mass is 484 g/mol. The van der Waals surface area contributed by atoms with Gasteiger partial charge in [0.15, 0.2) is 5.75 Å². The molecule has 7 heteroatoms. The van der Waals surface area contributed by atoms with Gasteiger partial charge in [0.25, 0.3) is 0 Å². The molecule has 34 heavy (non-hydrogen) atoms. The second-order valence-electron chi connectivity index (χ2n) is 7.52. The SMILES string of the molecule is NC(=O)c1cc(Cl)c(OC(=O)c2ccc(-c3ccccc3)cc2)c(-c2nc3ccccc3s2)c1. The first-order valence-corrected chi connectivity index (χ1v) is 11.6. The maximum Gasteiger partial charge on any atom is 0.343 e. The quantitative estimate of drug-likeness (QED) is 0.225. The first-order chi connectivity index (χ1) is 16.5. The van der Waals surface area contributed by atoms with Gasteiger partial charge in [0, 0.05) is 5.56 Å². The fourth-order valence-electron chi connectivity index (χ4n) is 3.57. The van der Waals surface area contributed by atoms with Crippen LogP contribution in [0.25, 0.3) is 31.9 Å². The maximum atomic E-state index is 13.0. The molecule has 0 aliphatic rings. The third-order valence-electron chi connectivity index (χ3n) is 5.27. The van der Waals surface area contributed by atoms with Crippen molar-refractivity contribution >= 4 is 45.0 Å². The lowest BCUT2D eigenvalue weighted by Gasteiger charge is -2.12. The first kappa shape index (κ1) is 21.8. The van der Waals surface area contributed by atoms with Gasteiger partial charge in [0.2, 0.25) is 5.91 Å². The zero-order chi connectivity index (χ0) is 23.7. The van der Waals surface area contributed by atoms with Crippen LogP contribution >= 0.6 is 22.9 Å². The van der Waals surface area contributed by atoms with E-state index in [1.165, 1.54) is 17.4 Å². The standard InChI is InChI=1S/C27H17ClN2O3S/c28-21-15-19(25(29)31)14-20(26-30-22-8-4-5-9-23(22)34-26)24(21)33-27(32)18-12-10-17(11-13-18)16-6-2-1-3-7-16/h1-15H,(H2,29,31). The molecule has 5 rings (SSSR count). The Morgan fingerprint density at radius 1 is 0.824 bits per heavy atom. The molecule has 1 heterocycles. The number of para-hydroxylation sites is 1. The molecule has 0 saturated carbocycles. The third-order valence-corrected chi connectivity index (χ3v) is 6.63. The van der Waals surface area contributed by atoms with Gasteiger partial charge in [-0.1, -0.05) is 66.2 Å². The van der Waals surface area contributed by atoms with Crippen molar-refractivity contribution in [3.63, 3.8) is 0 Å². The summed E-state index contributed by atoms with van der Waals surface area (Å²) in [5.74, 6) is -1.09. The van der Waals surface area contributed by atoms with E-state index >= 15 is 0 Å². The topological polar surface area (TPSA) is 82.3 Å². The number of halogens is 1. The highest BCUT2D eigenvalue weighted by molar-refractivity contribution is 7.21. The number of hydrogen-bond donors (Lipinski definition) is 1. The zero-order valence-corrected chi connectivity index (χ0v) is 19.3. The number of hydrogen-bond acceptors (Lipinski definition) is 5. The Morgan fingerprint density at radius 2 is 1.50 bits per heavy atom. The van der Waals surface area contributed by atoms with Crippen molar-refractivity contribution in [2.75, 3.05) is 0 Å². The van der Waals surface area contributed by atoms with E-state index in [9.17, 15) is 9.59 Å². The summed E-state index contributed by atoms with van der Waals surface area (Å²) in [4.78, 5) is 29.5. The summed E-state index contributed by atoms with van der Waals surface area (Å²) in [6.45, 7) is 0. The second kappa shape index (κ2) is 9.09. The van der Waals surface area contributed by atoms with Crippen molar-refractivity contribution in [1.29, 1.82) is 0 Å². The van der Waals surface area contributed by atoms with Crippen molar-refractivity contribution in [1.82, 2.24) is 4.98 Å². The van der Waals surface area contributed by atoms with Gasteiger partial charge >= 0.3 is 5.97 Å². The predicted octanol–water partition coefficient (Wildman–Crippen LogP) is 6.60. The van der Waals surface area contributed by atoms with E-state index in [-0.39, 0.29) is 16.3 Å². The molecule has 2 N–H and O–H groups in total. The van der Waals surface area contributed by atoms with Crippen LogP contribution in [0, 0.1) is 0 Å². The van der Waals surface area contributed by atoms with E-state index in [4.69, 9.17) is 22.1 Å². The third kappa shape index (κ3) is 4.29. The molecule has 0 aliphatic carbocycles. The van der Waals surface area contributed by atoms with E-state index in [1.807, 2.05) is 66.7 Å². The lowest BCUT2D eigenvalue weighted by atomic mass is 10.0. The predicted molar refractivity (Wildman–Crippen MR) is 135 cm³/mol. The molecule has 5 nitrogen and oxygen atoms in total. The number of esters is 1. The molecular weight excluding hydrogens is 468 g/mol. The molecule has 0 spiro atoms. The summed E-state index contributed by atoms with van der Waals surface area (Å²) in [5.41, 5.74) is 9.30. The lowest BCUT2D eigenvalue weighted by molar-refractivity contribution is 0.0735. The Labute approximate surface area is 204 Å². The van der Waals surface area contributed by atoms with E-state index < -0.39 is 11.9 Å². The van der Waals surface area contributed by atoms with Gasteiger partial charge in [-0.3, -0.25) is 4.79 Å².